The van der Waals surface area contributed by atoms with Crippen LogP contribution in [-0.4, -0.2) is 26.1 Å². The molecule has 1 amide bonds. The van der Waals surface area contributed by atoms with E-state index in [2.05, 4.69) is 43.4 Å². The molecule has 0 saturated carbocycles. The summed E-state index contributed by atoms with van der Waals surface area (Å²) in [7, 11) is 1.66. The number of hydrogen-bond donors (Lipinski definition) is 2. The summed E-state index contributed by atoms with van der Waals surface area (Å²) in [5.74, 6) is -0.0550. The van der Waals surface area contributed by atoms with Crippen LogP contribution < -0.4 is 10.2 Å². The van der Waals surface area contributed by atoms with E-state index in [0.717, 1.165) is 30.8 Å². The zero-order valence-electron chi connectivity index (χ0n) is 15.5. The fourth-order valence-electron chi connectivity index (χ4n) is 2.77. The van der Waals surface area contributed by atoms with Crippen LogP contribution in [0, 0.1) is 0 Å². The van der Waals surface area contributed by atoms with Crippen molar-refractivity contribution in [3.63, 3.8) is 0 Å². The molecule has 0 spiro atoms. The maximum Gasteiger partial charge on any atom is 0.251 e. The fraction of sp³-hybridized carbons (Fsp3) is 0.381. The van der Waals surface area contributed by atoms with E-state index in [1.807, 2.05) is 24.3 Å². The molecule has 25 heavy (non-hydrogen) atoms. The normalized spacial score (nSPS) is 10.9. The van der Waals surface area contributed by atoms with E-state index in [0.29, 0.717) is 18.7 Å². The smallest absolute Gasteiger partial charge is 0.251 e. The molecule has 4 nitrogen and oxygen atoms in total. The van der Waals surface area contributed by atoms with Gasteiger partial charge in [-0.05, 0) is 37.1 Å². The fourth-order valence-corrected chi connectivity index (χ4v) is 2.77. The van der Waals surface area contributed by atoms with Crippen LogP contribution in [0.2, 0.25) is 0 Å². The molecule has 0 aliphatic heterocycles. The van der Waals surface area contributed by atoms with Crippen LogP contribution in [0.3, 0.4) is 0 Å². The van der Waals surface area contributed by atoms with Gasteiger partial charge in [0, 0.05) is 24.8 Å². The number of rotatable bonds is 9. The van der Waals surface area contributed by atoms with E-state index in [1.165, 1.54) is 5.56 Å². The van der Waals surface area contributed by atoms with Crippen molar-refractivity contribution in [1.29, 1.82) is 0 Å². The number of methoxy groups -OCH3 is 1. The lowest BCUT2D eigenvalue weighted by molar-refractivity contribution is -0.910. The van der Waals surface area contributed by atoms with Crippen LogP contribution in [0.5, 0.6) is 0 Å². The molecule has 0 fully saturated rings. The van der Waals surface area contributed by atoms with Gasteiger partial charge in [-0.25, -0.2) is 0 Å². The maximum atomic E-state index is 12.2. The first kappa shape index (κ1) is 19.2. The van der Waals surface area contributed by atoms with Crippen LogP contribution in [0.25, 0.3) is 0 Å². The van der Waals surface area contributed by atoms with Crippen LogP contribution in [0.4, 0.5) is 0 Å². The molecule has 0 saturated heterocycles. The Morgan fingerprint density at radius 1 is 0.920 bits per heavy atom. The molecule has 4 heteroatoms. The first-order valence-electron chi connectivity index (χ1n) is 8.93. The lowest BCUT2D eigenvalue weighted by atomic mass is 10.1. The zero-order valence-corrected chi connectivity index (χ0v) is 15.5. The molecule has 2 rings (SSSR count). The molecule has 2 aromatic carbocycles. The number of amides is 1. The summed E-state index contributed by atoms with van der Waals surface area (Å²) >= 11 is 0. The van der Waals surface area contributed by atoms with Gasteiger partial charge in [0.05, 0.1) is 19.7 Å². The summed E-state index contributed by atoms with van der Waals surface area (Å²) < 4.78 is 5.08. The van der Waals surface area contributed by atoms with Crippen LogP contribution in [0.1, 0.15) is 40.9 Å². The first-order valence-corrected chi connectivity index (χ1v) is 8.93. The van der Waals surface area contributed by atoms with Crippen LogP contribution in [-0.2, 0) is 24.4 Å². The van der Waals surface area contributed by atoms with Crippen molar-refractivity contribution in [3.05, 3.63) is 70.8 Å². The molecule has 2 N–H and O–H groups in total. The van der Waals surface area contributed by atoms with Crippen molar-refractivity contribution < 1.29 is 14.4 Å². The van der Waals surface area contributed by atoms with Crippen molar-refractivity contribution in [2.45, 2.75) is 33.5 Å². The Hall–Kier alpha value is -2.17. The maximum absolute atomic E-state index is 12.2. The molecular weight excluding hydrogens is 312 g/mol. The van der Waals surface area contributed by atoms with Gasteiger partial charge in [-0.2, -0.15) is 0 Å². The average molecular weight is 341 g/mol. The highest BCUT2D eigenvalue weighted by molar-refractivity contribution is 5.94. The molecule has 0 radical (unpaired) electrons. The van der Waals surface area contributed by atoms with Crippen LogP contribution >= 0.6 is 0 Å². The third-order valence-corrected chi connectivity index (χ3v) is 4.46. The third kappa shape index (κ3) is 6.00. The molecule has 0 aliphatic rings. The number of quaternary nitrogens is 1. The lowest BCUT2D eigenvalue weighted by Gasteiger charge is -2.15. The average Bonchev–Trinajstić information content (AvgIpc) is 2.66. The van der Waals surface area contributed by atoms with Crippen molar-refractivity contribution in [1.82, 2.24) is 5.32 Å². The highest BCUT2D eigenvalue weighted by atomic mass is 16.5. The van der Waals surface area contributed by atoms with Gasteiger partial charge in [-0.3, -0.25) is 4.79 Å². The molecule has 0 bridgehead atoms. The summed E-state index contributed by atoms with van der Waals surface area (Å²) in [5.41, 5.74) is 4.18. The summed E-state index contributed by atoms with van der Waals surface area (Å²) in [6.07, 6.45) is 0. The lowest BCUT2D eigenvalue weighted by Crippen LogP contribution is -3.10. The van der Waals surface area contributed by atoms with Crippen LogP contribution in [0.15, 0.2) is 48.5 Å². The predicted octanol–water partition coefficient (Wildman–Crippen LogP) is 2.19. The van der Waals surface area contributed by atoms with Gasteiger partial charge in [0.2, 0.25) is 0 Å². The Morgan fingerprint density at radius 2 is 1.48 bits per heavy atom. The number of nitrogens with one attached hydrogen (secondary N) is 2. The molecular formula is C21H29N2O2+. The summed E-state index contributed by atoms with van der Waals surface area (Å²) in [5, 5.41) is 2.97. The van der Waals surface area contributed by atoms with E-state index >= 15 is 0 Å². The minimum Gasteiger partial charge on any atom is -0.380 e. The van der Waals surface area contributed by atoms with Gasteiger partial charge in [0.1, 0.15) is 6.54 Å². The largest absolute Gasteiger partial charge is 0.380 e. The topological polar surface area (TPSA) is 42.8 Å². The van der Waals surface area contributed by atoms with Crippen molar-refractivity contribution in [2.75, 3.05) is 20.2 Å². The Kier molecular flexibility index (Phi) is 7.64. The Morgan fingerprint density at radius 3 is 2.04 bits per heavy atom. The van der Waals surface area contributed by atoms with Crippen molar-refractivity contribution in [3.8, 4) is 0 Å². The van der Waals surface area contributed by atoms with Gasteiger partial charge < -0.3 is 15.0 Å². The number of carbonyl (C=O) groups excluding carboxylic acids is 1. The Balaban J connectivity index is 1.86. The third-order valence-electron chi connectivity index (χ3n) is 4.46. The summed E-state index contributed by atoms with van der Waals surface area (Å²) in [6, 6.07) is 16.0. The second kappa shape index (κ2) is 9.97. The highest BCUT2D eigenvalue weighted by Crippen LogP contribution is 2.07. The number of benzene rings is 2. The quantitative estimate of drug-likeness (QED) is 0.734. The summed E-state index contributed by atoms with van der Waals surface area (Å²) in [6.45, 7) is 8.85. The van der Waals surface area contributed by atoms with Gasteiger partial charge in [0.15, 0.2) is 0 Å². The second-order valence-electron chi connectivity index (χ2n) is 6.26. The Labute approximate surface area is 150 Å². The Bertz CT molecular complexity index is 647. The minimum atomic E-state index is -0.0550. The van der Waals surface area contributed by atoms with Crippen molar-refractivity contribution in [2.24, 2.45) is 0 Å². The first-order chi connectivity index (χ1) is 12.2. The van der Waals surface area contributed by atoms with E-state index in [4.69, 9.17) is 4.74 Å². The van der Waals surface area contributed by atoms with Gasteiger partial charge in [0.25, 0.3) is 5.91 Å². The molecule has 134 valence electrons. The number of carbonyl (C=O) groups is 1. The van der Waals surface area contributed by atoms with E-state index in [1.54, 1.807) is 12.0 Å². The second-order valence-corrected chi connectivity index (χ2v) is 6.26. The minimum absolute atomic E-state index is 0.0550. The molecule has 0 heterocycles. The van der Waals surface area contributed by atoms with E-state index in [-0.39, 0.29) is 5.91 Å². The van der Waals surface area contributed by atoms with E-state index in [9.17, 15) is 4.79 Å². The van der Waals surface area contributed by atoms with E-state index < -0.39 is 0 Å². The molecule has 0 aromatic heterocycles. The van der Waals surface area contributed by atoms with Gasteiger partial charge in [-0.15, -0.1) is 0 Å². The number of hydrogen-bond acceptors (Lipinski definition) is 2. The predicted molar refractivity (Wildman–Crippen MR) is 101 cm³/mol. The van der Waals surface area contributed by atoms with Gasteiger partial charge >= 0.3 is 0 Å². The zero-order chi connectivity index (χ0) is 18.1. The molecule has 0 aliphatic carbocycles. The van der Waals surface area contributed by atoms with Gasteiger partial charge in [-0.1, -0.05) is 36.4 Å². The highest BCUT2D eigenvalue weighted by Gasteiger charge is 2.07. The summed E-state index contributed by atoms with van der Waals surface area (Å²) in [4.78, 5) is 13.8. The molecule has 2 aromatic rings. The SMILES string of the molecule is CC[NH+](CC)Cc1ccc(CNC(=O)c2ccc(COC)cc2)cc1. The molecule has 0 atom stereocenters. The molecule has 0 unspecified atom stereocenters. The monoisotopic (exact) mass is 341 g/mol. The standard InChI is InChI=1S/C21H28N2O2/c1-4-23(5-2)15-18-8-6-17(7-9-18)14-22-21(24)20-12-10-19(11-13-20)16-25-3/h6-13H,4-5,14-16H2,1-3H3,(H,22,24)/p+1. The number of ether oxygens (including phenoxy) is 1. The van der Waals surface area contributed by atoms with Crippen molar-refractivity contribution >= 4 is 5.91 Å².